The Morgan fingerprint density at radius 1 is 1.19 bits per heavy atom. The second kappa shape index (κ2) is 7.97. The van der Waals surface area contributed by atoms with Crippen LogP contribution < -0.4 is 5.43 Å². The maximum atomic E-state index is 12.2. The molecular formula is C20H19ClN4O. The molecule has 0 fully saturated rings. The first-order valence-electron chi connectivity index (χ1n) is 8.20. The van der Waals surface area contributed by atoms with Gasteiger partial charge in [0, 0.05) is 16.3 Å². The molecule has 0 unspecified atom stereocenters. The summed E-state index contributed by atoms with van der Waals surface area (Å²) in [5.41, 5.74) is 7.07. The number of carbonyl (C=O) groups is 1. The predicted molar refractivity (Wildman–Crippen MR) is 104 cm³/mol. The Hall–Kier alpha value is -2.92. The van der Waals surface area contributed by atoms with Crippen LogP contribution in [0.4, 0.5) is 0 Å². The van der Waals surface area contributed by atoms with Gasteiger partial charge in [-0.3, -0.25) is 9.48 Å². The first-order chi connectivity index (χ1) is 12.5. The molecule has 0 aliphatic rings. The van der Waals surface area contributed by atoms with Crippen molar-refractivity contribution in [3.8, 4) is 0 Å². The fraction of sp³-hybridized carbons (Fsp3) is 0.150. The molecule has 0 bridgehead atoms. The fourth-order valence-electron chi connectivity index (χ4n) is 2.59. The summed E-state index contributed by atoms with van der Waals surface area (Å²) in [5, 5.41) is 9.04. The van der Waals surface area contributed by atoms with Crippen molar-refractivity contribution >= 4 is 23.7 Å². The van der Waals surface area contributed by atoms with Crippen LogP contribution in [0, 0.1) is 13.8 Å². The Bertz CT molecular complexity index is 945. The lowest BCUT2D eigenvalue weighted by Crippen LogP contribution is -2.17. The highest BCUT2D eigenvalue weighted by Gasteiger charge is 2.06. The van der Waals surface area contributed by atoms with E-state index in [0.717, 1.165) is 22.5 Å². The molecule has 0 atom stereocenters. The van der Waals surface area contributed by atoms with Crippen molar-refractivity contribution in [3.05, 3.63) is 87.7 Å². The van der Waals surface area contributed by atoms with Gasteiger partial charge >= 0.3 is 0 Å². The number of hydrazone groups is 1. The van der Waals surface area contributed by atoms with Crippen molar-refractivity contribution in [1.29, 1.82) is 0 Å². The third-order valence-electron chi connectivity index (χ3n) is 3.88. The lowest BCUT2D eigenvalue weighted by molar-refractivity contribution is 0.0955. The number of carbonyl (C=O) groups excluding carboxylic acids is 1. The van der Waals surface area contributed by atoms with Crippen molar-refractivity contribution in [2.45, 2.75) is 20.4 Å². The van der Waals surface area contributed by atoms with Gasteiger partial charge in [0.25, 0.3) is 5.91 Å². The van der Waals surface area contributed by atoms with Crippen LogP contribution in [-0.4, -0.2) is 21.9 Å². The van der Waals surface area contributed by atoms with Crippen LogP contribution >= 0.6 is 11.6 Å². The Morgan fingerprint density at radius 3 is 2.62 bits per heavy atom. The fourth-order valence-corrected chi connectivity index (χ4v) is 2.79. The second-order valence-electron chi connectivity index (χ2n) is 6.04. The van der Waals surface area contributed by atoms with Crippen molar-refractivity contribution < 1.29 is 4.79 Å². The lowest BCUT2D eigenvalue weighted by atomic mass is 10.1. The van der Waals surface area contributed by atoms with Crippen molar-refractivity contribution in [2.24, 2.45) is 5.10 Å². The summed E-state index contributed by atoms with van der Waals surface area (Å²) in [7, 11) is 0. The predicted octanol–water partition coefficient (Wildman–Crippen LogP) is 3.97. The quantitative estimate of drug-likeness (QED) is 0.548. The Balaban J connectivity index is 1.61. The van der Waals surface area contributed by atoms with Crippen LogP contribution in [-0.2, 0) is 6.54 Å². The normalized spacial score (nSPS) is 11.0. The van der Waals surface area contributed by atoms with E-state index in [2.05, 4.69) is 15.6 Å². The molecule has 1 heterocycles. The van der Waals surface area contributed by atoms with Crippen molar-refractivity contribution in [3.63, 3.8) is 0 Å². The van der Waals surface area contributed by atoms with Crippen LogP contribution in [0.5, 0.6) is 0 Å². The maximum absolute atomic E-state index is 12.2. The van der Waals surface area contributed by atoms with Crippen LogP contribution in [0.1, 0.15) is 32.9 Å². The summed E-state index contributed by atoms with van der Waals surface area (Å²) in [6.45, 7) is 4.68. The SMILES string of the molecule is Cc1cc(C)n(Cc2ccc(C(=O)N/N=C/c3cccc(Cl)c3)cc2)n1. The van der Waals surface area contributed by atoms with E-state index >= 15 is 0 Å². The van der Waals surface area contributed by atoms with Crippen LogP contribution in [0.2, 0.25) is 5.02 Å². The third-order valence-corrected chi connectivity index (χ3v) is 4.12. The summed E-state index contributed by atoms with van der Waals surface area (Å²) in [6.07, 6.45) is 1.56. The number of halogens is 1. The molecule has 0 radical (unpaired) electrons. The van der Waals surface area contributed by atoms with E-state index in [1.54, 1.807) is 30.5 Å². The van der Waals surface area contributed by atoms with E-state index < -0.39 is 0 Å². The van der Waals surface area contributed by atoms with Gasteiger partial charge < -0.3 is 0 Å². The zero-order valence-electron chi connectivity index (χ0n) is 14.6. The molecule has 1 aromatic heterocycles. The molecule has 0 saturated heterocycles. The van der Waals surface area contributed by atoms with Gasteiger partial charge in [0.05, 0.1) is 18.5 Å². The Kier molecular flexibility index (Phi) is 5.49. The standard InChI is InChI=1S/C20H19ClN4O/c1-14-10-15(2)25(24-14)13-16-6-8-18(9-7-16)20(26)23-22-12-17-4-3-5-19(21)11-17/h3-12H,13H2,1-2H3,(H,23,26)/b22-12+. The molecule has 0 aliphatic carbocycles. The Labute approximate surface area is 157 Å². The molecule has 0 aliphatic heterocycles. The summed E-state index contributed by atoms with van der Waals surface area (Å²) >= 11 is 5.91. The number of aryl methyl sites for hydroxylation is 2. The summed E-state index contributed by atoms with van der Waals surface area (Å²) in [5.74, 6) is -0.263. The Morgan fingerprint density at radius 2 is 1.96 bits per heavy atom. The first-order valence-corrected chi connectivity index (χ1v) is 8.58. The van der Waals surface area contributed by atoms with Crippen LogP contribution in [0.3, 0.4) is 0 Å². The average Bonchev–Trinajstić information content (AvgIpc) is 2.93. The number of hydrogen-bond donors (Lipinski definition) is 1. The van der Waals surface area contributed by atoms with E-state index in [1.807, 2.05) is 48.9 Å². The zero-order valence-corrected chi connectivity index (χ0v) is 15.4. The molecular weight excluding hydrogens is 348 g/mol. The average molecular weight is 367 g/mol. The van der Waals surface area contributed by atoms with E-state index in [9.17, 15) is 4.79 Å². The highest BCUT2D eigenvalue weighted by molar-refractivity contribution is 6.30. The van der Waals surface area contributed by atoms with E-state index in [-0.39, 0.29) is 5.91 Å². The number of aromatic nitrogens is 2. The number of hydrogen-bond acceptors (Lipinski definition) is 3. The maximum Gasteiger partial charge on any atom is 0.271 e. The first kappa shape index (κ1) is 17.9. The van der Waals surface area contributed by atoms with Gasteiger partial charge in [-0.15, -0.1) is 0 Å². The van der Waals surface area contributed by atoms with Gasteiger partial charge in [0.15, 0.2) is 0 Å². The molecule has 26 heavy (non-hydrogen) atoms. The molecule has 2 aromatic carbocycles. The third kappa shape index (κ3) is 4.58. The highest BCUT2D eigenvalue weighted by Crippen LogP contribution is 2.10. The molecule has 132 valence electrons. The van der Waals surface area contributed by atoms with Crippen LogP contribution in [0.15, 0.2) is 59.7 Å². The largest absolute Gasteiger partial charge is 0.271 e. The lowest BCUT2D eigenvalue weighted by Gasteiger charge is -2.06. The summed E-state index contributed by atoms with van der Waals surface area (Å²) in [4.78, 5) is 12.2. The number of amides is 1. The minimum Gasteiger partial charge on any atom is -0.267 e. The molecule has 6 heteroatoms. The zero-order chi connectivity index (χ0) is 18.5. The number of rotatable bonds is 5. The van der Waals surface area contributed by atoms with Gasteiger partial charge in [0.2, 0.25) is 0 Å². The smallest absolute Gasteiger partial charge is 0.267 e. The van der Waals surface area contributed by atoms with E-state index in [0.29, 0.717) is 17.1 Å². The monoisotopic (exact) mass is 366 g/mol. The molecule has 0 saturated carbocycles. The number of nitrogens with zero attached hydrogens (tertiary/aromatic N) is 3. The molecule has 0 spiro atoms. The minimum absolute atomic E-state index is 0.263. The molecule has 1 N–H and O–H groups in total. The molecule has 1 amide bonds. The number of benzene rings is 2. The molecule has 3 aromatic rings. The van der Waals surface area contributed by atoms with Crippen molar-refractivity contribution in [1.82, 2.24) is 15.2 Å². The van der Waals surface area contributed by atoms with Gasteiger partial charge in [-0.1, -0.05) is 35.9 Å². The summed E-state index contributed by atoms with van der Waals surface area (Å²) in [6, 6.07) is 16.7. The minimum atomic E-state index is -0.263. The van der Waals surface area contributed by atoms with E-state index in [1.165, 1.54) is 0 Å². The molecule has 5 nitrogen and oxygen atoms in total. The molecule has 3 rings (SSSR count). The second-order valence-corrected chi connectivity index (χ2v) is 6.47. The van der Waals surface area contributed by atoms with E-state index in [4.69, 9.17) is 11.6 Å². The van der Waals surface area contributed by atoms with Crippen molar-refractivity contribution in [2.75, 3.05) is 0 Å². The van der Waals surface area contributed by atoms with Gasteiger partial charge in [-0.25, -0.2) is 5.43 Å². The van der Waals surface area contributed by atoms with Gasteiger partial charge in [0.1, 0.15) is 0 Å². The van der Waals surface area contributed by atoms with Gasteiger partial charge in [-0.05, 0) is 55.3 Å². The highest BCUT2D eigenvalue weighted by atomic mass is 35.5. The van der Waals surface area contributed by atoms with Gasteiger partial charge in [-0.2, -0.15) is 10.2 Å². The van der Waals surface area contributed by atoms with Crippen LogP contribution in [0.25, 0.3) is 0 Å². The summed E-state index contributed by atoms with van der Waals surface area (Å²) < 4.78 is 1.94. The number of nitrogens with one attached hydrogen (secondary N) is 1. The topological polar surface area (TPSA) is 59.3 Å².